The average molecular weight is 454 g/mol. The lowest BCUT2D eigenvalue weighted by atomic mass is 10.00. The van der Waals surface area contributed by atoms with Crippen molar-refractivity contribution in [2.75, 3.05) is 18.9 Å². The molecular formula is C25H21F3N2O3. The van der Waals surface area contributed by atoms with Crippen molar-refractivity contribution in [1.29, 1.82) is 0 Å². The summed E-state index contributed by atoms with van der Waals surface area (Å²) >= 11 is 0. The van der Waals surface area contributed by atoms with E-state index in [-0.39, 0.29) is 24.6 Å². The van der Waals surface area contributed by atoms with E-state index in [2.05, 4.69) is 0 Å². The van der Waals surface area contributed by atoms with Crippen molar-refractivity contribution in [3.8, 4) is 16.9 Å². The van der Waals surface area contributed by atoms with Gasteiger partial charge in [-0.05, 0) is 53.9 Å². The molecule has 0 fully saturated rings. The molecule has 2 N–H and O–H groups in total. The van der Waals surface area contributed by atoms with Crippen LogP contribution < -0.4 is 10.5 Å². The van der Waals surface area contributed by atoms with Gasteiger partial charge in [0.2, 0.25) is 0 Å². The summed E-state index contributed by atoms with van der Waals surface area (Å²) in [5, 5.41) is 0. The third kappa shape index (κ3) is 4.69. The molecular weight excluding hydrogens is 433 g/mol. The smallest absolute Gasteiger partial charge is 0.454 e. The summed E-state index contributed by atoms with van der Waals surface area (Å²) < 4.78 is 43.7. The number of ketones is 1. The van der Waals surface area contributed by atoms with E-state index in [1.165, 1.54) is 12.1 Å². The molecule has 0 saturated carbocycles. The molecule has 1 heterocycles. The van der Waals surface area contributed by atoms with Gasteiger partial charge < -0.3 is 15.4 Å². The highest BCUT2D eigenvalue weighted by Crippen LogP contribution is 2.31. The molecule has 0 saturated heterocycles. The van der Waals surface area contributed by atoms with Crippen LogP contribution in [0.2, 0.25) is 0 Å². The molecule has 0 atom stereocenters. The lowest BCUT2D eigenvalue weighted by molar-refractivity contribution is -0.0885. The van der Waals surface area contributed by atoms with Gasteiger partial charge in [0.15, 0.2) is 0 Å². The lowest BCUT2D eigenvalue weighted by Crippen LogP contribution is -2.32. The summed E-state index contributed by atoms with van der Waals surface area (Å²) in [6, 6.07) is 16.0. The number of carbonyl (C=O) groups is 2. The van der Waals surface area contributed by atoms with Crippen molar-refractivity contribution in [1.82, 2.24) is 4.90 Å². The summed E-state index contributed by atoms with van der Waals surface area (Å²) in [5.41, 5.74) is 10.1. The molecule has 33 heavy (non-hydrogen) atoms. The fourth-order valence-corrected chi connectivity index (χ4v) is 3.68. The molecule has 0 aromatic heterocycles. The predicted octanol–water partition coefficient (Wildman–Crippen LogP) is 5.02. The SMILES string of the molecule is Cc1ccc(-c2ccc3c(c2)CN(C(=O)c2ccc(C(=O)C(F)(F)F)cc2)CCO3)cc1N. The number of amides is 1. The Bertz CT molecular complexity index is 1220. The average Bonchev–Trinajstić information content (AvgIpc) is 3.01. The van der Waals surface area contributed by atoms with Crippen molar-refractivity contribution in [2.45, 2.75) is 19.6 Å². The van der Waals surface area contributed by atoms with Gasteiger partial charge in [-0.1, -0.05) is 30.3 Å². The van der Waals surface area contributed by atoms with E-state index in [1.54, 1.807) is 4.90 Å². The number of Topliss-reactive ketones (excluding diaryl/α,β-unsaturated/α-hetero) is 1. The van der Waals surface area contributed by atoms with Gasteiger partial charge in [0.05, 0.1) is 6.54 Å². The fraction of sp³-hybridized carbons (Fsp3) is 0.200. The molecule has 0 aliphatic carbocycles. The predicted molar refractivity (Wildman–Crippen MR) is 118 cm³/mol. The first kappa shape index (κ1) is 22.4. The molecule has 4 rings (SSSR count). The number of alkyl halides is 3. The van der Waals surface area contributed by atoms with Crippen molar-refractivity contribution < 1.29 is 27.5 Å². The van der Waals surface area contributed by atoms with Gasteiger partial charge in [0.1, 0.15) is 12.4 Å². The minimum absolute atomic E-state index is 0.194. The third-order valence-corrected chi connectivity index (χ3v) is 5.59. The Balaban J connectivity index is 1.57. The number of carbonyl (C=O) groups excluding carboxylic acids is 2. The second-order valence-corrected chi connectivity index (χ2v) is 7.87. The van der Waals surface area contributed by atoms with Gasteiger partial charge in [-0.3, -0.25) is 9.59 Å². The maximum atomic E-state index is 13.0. The topological polar surface area (TPSA) is 72.6 Å². The second kappa shape index (κ2) is 8.61. The molecule has 1 aliphatic heterocycles. The highest BCUT2D eigenvalue weighted by molar-refractivity contribution is 6.01. The van der Waals surface area contributed by atoms with E-state index in [1.807, 2.05) is 43.3 Å². The number of rotatable bonds is 3. The summed E-state index contributed by atoms with van der Waals surface area (Å²) in [6.45, 7) is 2.79. The van der Waals surface area contributed by atoms with Crippen molar-refractivity contribution in [2.24, 2.45) is 0 Å². The summed E-state index contributed by atoms with van der Waals surface area (Å²) in [6.07, 6.45) is -4.96. The molecule has 1 amide bonds. The van der Waals surface area contributed by atoms with Crippen LogP contribution in [0, 0.1) is 6.92 Å². The molecule has 3 aromatic rings. The number of aryl methyl sites for hydroxylation is 1. The van der Waals surface area contributed by atoms with Crippen LogP contribution in [0.4, 0.5) is 18.9 Å². The maximum absolute atomic E-state index is 13.0. The zero-order valence-corrected chi connectivity index (χ0v) is 17.8. The number of nitrogens with zero attached hydrogens (tertiary/aromatic N) is 1. The second-order valence-electron chi connectivity index (χ2n) is 7.87. The summed E-state index contributed by atoms with van der Waals surface area (Å²) in [5.74, 6) is -1.63. The monoisotopic (exact) mass is 454 g/mol. The Labute approximate surface area is 188 Å². The highest BCUT2D eigenvalue weighted by atomic mass is 19.4. The van der Waals surface area contributed by atoms with E-state index in [0.717, 1.165) is 34.4 Å². The number of hydrogen-bond donors (Lipinski definition) is 1. The maximum Gasteiger partial charge on any atom is 0.454 e. The van der Waals surface area contributed by atoms with E-state index < -0.39 is 17.5 Å². The molecule has 170 valence electrons. The quantitative estimate of drug-likeness (QED) is 0.445. The van der Waals surface area contributed by atoms with Crippen LogP contribution in [-0.2, 0) is 6.54 Å². The number of anilines is 1. The van der Waals surface area contributed by atoms with Crippen LogP contribution in [0.25, 0.3) is 11.1 Å². The van der Waals surface area contributed by atoms with Gasteiger partial charge in [0.25, 0.3) is 11.7 Å². The Hall–Kier alpha value is -3.81. The first-order valence-electron chi connectivity index (χ1n) is 10.3. The molecule has 3 aromatic carbocycles. The number of benzene rings is 3. The number of nitrogen functional groups attached to an aromatic ring is 1. The number of nitrogens with two attached hydrogens (primary N) is 1. The Morgan fingerprint density at radius 3 is 2.24 bits per heavy atom. The van der Waals surface area contributed by atoms with Crippen LogP contribution in [-0.4, -0.2) is 35.9 Å². The van der Waals surface area contributed by atoms with Gasteiger partial charge in [-0.25, -0.2) is 0 Å². The van der Waals surface area contributed by atoms with Crippen molar-refractivity contribution in [3.63, 3.8) is 0 Å². The number of halogens is 3. The Morgan fingerprint density at radius 1 is 0.939 bits per heavy atom. The van der Waals surface area contributed by atoms with E-state index in [4.69, 9.17) is 10.5 Å². The van der Waals surface area contributed by atoms with Gasteiger partial charge in [-0.2, -0.15) is 13.2 Å². The summed E-state index contributed by atoms with van der Waals surface area (Å²) in [4.78, 5) is 26.0. The molecule has 8 heteroatoms. The minimum atomic E-state index is -4.96. The minimum Gasteiger partial charge on any atom is -0.491 e. The van der Waals surface area contributed by atoms with Gasteiger partial charge in [-0.15, -0.1) is 0 Å². The van der Waals surface area contributed by atoms with Crippen LogP contribution in [0.3, 0.4) is 0 Å². The summed E-state index contributed by atoms with van der Waals surface area (Å²) in [7, 11) is 0. The van der Waals surface area contributed by atoms with E-state index in [0.29, 0.717) is 18.0 Å². The van der Waals surface area contributed by atoms with Crippen LogP contribution in [0.1, 0.15) is 31.8 Å². The van der Waals surface area contributed by atoms with Crippen LogP contribution in [0.5, 0.6) is 5.75 Å². The number of ether oxygens (including phenoxy) is 1. The Morgan fingerprint density at radius 2 is 1.58 bits per heavy atom. The first-order chi connectivity index (χ1) is 15.6. The third-order valence-electron chi connectivity index (χ3n) is 5.59. The van der Waals surface area contributed by atoms with Crippen molar-refractivity contribution in [3.05, 3.63) is 82.9 Å². The molecule has 0 radical (unpaired) electrons. The fourth-order valence-electron chi connectivity index (χ4n) is 3.68. The van der Waals surface area contributed by atoms with E-state index >= 15 is 0 Å². The van der Waals surface area contributed by atoms with E-state index in [9.17, 15) is 22.8 Å². The highest BCUT2D eigenvalue weighted by Gasteiger charge is 2.39. The largest absolute Gasteiger partial charge is 0.491 e. The number of fused-ring (bicyclic) bond motifs is 1. The molecule has 1 aliphatic rings. The molecule has 0 bridgehead atoms. The van der Waals surface area contributed by atoms with Crippen molar-refractivity contribution >= 4 is 17.4 Å². The number of hydrogen-bond acceptors (Lipinski definition) is 4. The normalized spacial score (nSPS) is 13.6. The standard InChI is InChI=1S/C25H21F3N2O3/c1-15-2-3-19(13-21(15)29)18-8-9-22-20(12-18)14-30(10-11-33-22)24(32)17-6-4-16(5-7-17)23(31)25(26,27)28/h2-9,12-13H,10-11,14,29H2,1H3. The Kier molecular flexibility index (Phi) is 5.84. The zero-order chi connectivity index (χ0) is 23.8. The lowest BCUT2D eigenvalue weighted by Gasteiger charge is -2.20. The van der Waals surface area contributed by atoms with Crippen LogP contribution in [0.15, 0.2) is 60.7 Å². The molecule has 5 nitrogen and oxygen atoms in total. The van der Waals surface area contributed by atoms with Gasteiger partial charge in [0, 0.05) is 28.9 Å². The molecule has 0 spiro atoms. The van der Waals surface area contributed by atoms with Crippen LogP contribution >= 0.6 is 0 Å². The van der Waals surface area contributed by atoms with Gasteiger partial charge >= 0.3 is 6.18 Å². The molecule has 0 unspecified atom stereocenters. The first-order valence-corrected chi connectivity index (χ1v) is 10.3. The zero-order valence-electron chi connectivity index (χ0n) is 17.8.